The molecule has 0 N–H and O–H groups in total. The Morgan fingerprint density at radius 1 is 1.09 bits per heavy atom. The molecular formula is C20H21FN2. The van der Waals surface area contributed by atoms with E-state index in [9.17, 15) is 4.39 Å². The van der Waals surface area contributed by atoms with Gasteiger partial charge >= 0.3 is 0 Å². The Morgan fingerprint density at radius 2 is 1.91 bits per heavy atom. The van der Waals surface area contributed by atoms with Crippen LogP contribution in [0.5, 0.6) is 0 Å². The molecule has 1 aliphatic rings. The van der Waals surface area contributed by atoms with Gasteiger partial charge in [-0.15, -0.1) is 0 Å². The Balaban J connectivity index is 1.70. The first-order valence-electron chi connectivity index (χ1n) is 8.39. The fourth-order valence-corrected chi connectivity index (χ4v) is 4.08. The third kappa shape index (κ3) is 2.54. The molecule has 1 saturated carbocycles. The van der Waals surface area contributed by atoms with Crippen molar-refractivity contribution in [2.24, 2.45) is 0 Å². The van der Waals surface area contributed by atoms with Crippen LogP contribution >= 0.6 is 0 Å². The summed E-state index contributed by atoms with van der Waals surface area (Å²) in [6.45, 7) is 2.07. The lowest BCUT2D eigenvalue weighted by atomic mass is 9.81. The van der Waals surface area contributed by atoms with Crippen molar-refractivity contribution in [1.82, 2.24) is 9.55 Å². The topological polar surface area (TPSA) is 17.8 Å². The summed E-state index contributed by atoms with van der Waals surface area (Å²) in [5.41, 5.74) is 3.59. The number of hydrogen-bond donors (Lipinski definition) is 0. The van der Waals surface area contributed by atoms with Gasteiger partial charge in [0.15, 0.2) is 0 Å². The average molecular weight is 308 g/mol. The number of rotatable bonds is 2. The van der Waals surface area contributed by atoms with Gasteiger partial charge < -0.3 is 4.57 Å². The van der Waals surface area contributed by atoms with Crippen molar-refractivity contribution in [3.05, 3.63) is 65.9 Å². The molecule has 0 saturated heterocycles. The standard InChI is InChI=1S/C20H21FN2/c1-14-5-6-19(21)18-9-12-23(20(14)18)17-4-2-3-16(13-17)15-7-10-22-11-8-15/h5-12,16-17H,2-4,13H2,1H3/t16-,17+/m0/s1. The van der Waals surface area contributed by atoms with E-state index in [-0.39, 0.29) is 5.82 Å². The van der Waals surface area contributed by atoms with Gasteiger partial charge in [-0.2, -0.15) is 0 Å². The Hall–Kier alpha value is -2.16. The summed E-state index contributed by atoms with van der Waals surface area (Å²) in [4.78, 5) is 4.12. The van der Waals surface area contributed by atoms with E-state index in [1.807, 2.05) is 24.5 Å². The highest BCUT2D eigenvalue weighted by molar-refractivity contribution is 5.84. The second-order valence-electron chi connectivity index (χ2n) is 6.65. The molecule has 2 atom stereocenters. The molecule has 0 radical (unpaired) electrons. The minimum absolute atomic E-state index is 0.120. The van der Waals surface area contributed by atoms with Crippen molar-refractivity contribution in [1.29, 1.82) is 0 Å². The van der Waals surface area contributed by atoms with E-state index in [2.05, 4.69) is 34.8 Å². The maximum Gasteiger partial charge on any atom is 0.132 e. The van der Waals surface area contributed by atoms with E-state index in [0.29, 0.717) is 12.0 Å². The summed E-state index contributed by atoms with van der Waals surface area (Å²) >= 11 is 0. The van der Waals surface area contributed by atoms with Gasteiger partial charge in [0.1, 0.15) is 5.82 Å². The summed E-state index contributed by atoms with van der Waals surface area (Å²) in [5.74, 6) is 0.453. The molecule has 2 heterocycles. The number of benzene rings is 1. The van der Waals surface area contributed by atoms with Crippen LogP contribution in [-0.4, -0.2) is 9.55 Å². The first-order valence-corrected chi connectivity index (χ1v) is 8.39. The number of pyridine rings is 1. The number of hydrogen-bond acceptors (Lipinski definition) is 1. The second-order valence-corrected chi connectivity index (χ2v) is 6.65. The van der Waals surface area contributed by atoms with Crippen LogP contribution in [0.25, 0.3) is 10.9 Å². The molecule has 4 rings (SSSR count). The largest absolute Gasteiger partial charge is 0.344 e. The third-order valence-electron chi connectivity index (χ3n) is 5.24. The van der Waals surface area contributed by atoms with Gasteiger partial charge in [0.25, 0.3) is 0 Å². The van der Waals surface area contributed by atoms with E-state index in [4.69, 9.17) is 0 Å². The number of aromatic nitrogens is 2. The van der Waals surface area contributed by atoms with Crippen LogP contribution in [-0.2, 0) is 0 Å². The van der Waals surface area contributed by atoms with Gasteiger partial charge in [-0.05, 0) is 67.5 Å². The smallest absolute Gasteiger partial charge is 0.132 e. The highest BCUT2D eigenvalue weighted by atomic mass is 19.1. The van der Waals surface area contributed by atoms with Crippen molar-refractivity contribution < 1.29 is 4.39 Å². The average Bonchev–Trinajstić information content (AvgIpc) is 3.06. The lowest BCUT2D eigenvalue weighted by Gasteiger charge is -2.31. The summed E-state index contributed by atoms with van der Waals surface area (Å²) in [6, 6.07) is 10.1. The fourth-order valence-electron chi connectivity index (χ4n) is 4.08. The van der Waals surface area contributed by atoms with Crippen LogP contribution in [0.1, 0.15) is 48.8 Å². The van der Waals surface area contributed by atoms with E-state index >= 15 is 0 Å². The van der Waals surface area contributed by atoms with Crippen molar-refractivity contribution in [2.45, 2.75) is 44.6 Å². The van der Waals surface area contributed by atoms with Gasteiger partial charge in [-0.1, -0.05) is 12.5 Å². The minimum Gasteiger partial charge on any atom is -0.344 e. The Morgan fingerprint density at radius 3 is 2.74 bits per heavy atom. The molecule has 118 valence electrons. The third-order valence-corrected chi connectivity index (χ3v) is 5.24. The zero-order chi connectivity index (χ0) is 15.8. The lowest BCUT2D eigenvalue weighted by molar-refractivity contribution is 0.325. The van der Waals surface area contributed by atoms with Crippen LogP contribution in [0.4, 0.5) is 4.39 Å². The molecule has 1 aliphatic carbocycles. The molecule has 3 heteroatoms. The van der Waals surface area contributed by atoms with Gasteiger partial charge in [0.2, 0.25) is 0 Å². The highest BCUT2D eigenvalue weighted by Crippen LogP contribution is 2.40. The molecule has 1 fully saturated rings. The van der Waals surface area contributed by atoms with Crippen molar-refractivity contribution in [3.63, 3.8) is 0 Å². The number of aryl methyl sites for hydroxylation is 1. The van der Waals surface area contributed by atoms with Gasteiger partial charge in [0, 0.05) is 30.0 Å². The minimum atomic E-state index is -0.120. The Kier molecular flexibility index (Phi) is 3.64. The zero-order valence-corrected chi connectivity index (χ0v) is 13.4. The summed E-state index contributed by atoms with van der Waals surface area (Å²) in [7, 11) is 0. The van der Waals surface area contributed by atoms with E-state index in [1.165, 1.54) is 24.8 Å². The molecule has 1 aromatic carbocycles. The second kappa shape index (κ2) is 5.80. The van der Waals surface area contributed by atoms with Crippen LogP contribution in [0.3, 0.4) is 0 Å². The molecule has 3 aromatic rings. The van der Waals surface area contributed by atoms with Crippen LogP contribution in [0.15, 0.2) is 48.9 Å². The highest BCUT2D eigenvalue weighted by Gasteiger charge is 2.25. The summed E-state index contributed by atoms with van der Waals surface area (Å²) < 4.78 is 16.4. The molecule has 23 heavy (non-hydrogen) atoms. The zero-order valence-electron chi connectivity index (χ0n) is 13.4. The quantitative estimate of drug-likeness (QED) is 0.621. The van der Waals surface area contributed by atoms with Crippen LogP contribution in [0.2, 0.25) is 0 Å². The number of halogens is 1. The van der Waals surface area contributed by atoms with Crippen molar-refractivity contribution in [2.75, 3.05) is 0 Å². The monoisotopic (exact) mass is 308 g/mol. The fraction of sp³-hybridized carbons (Fsp3) is 0.350. The predicted octanol–water partition coefficient (Wildman–Crippen LogP) is 5.38. The summed E-state index contributed by atoms with van der Waals surface area (Å²) in [6.07, 6.45) is 10.6. The van der Waals surface area contributed by atoms with Gasteiger partial charge in [-0.25, -0.2) is 4.39 Å². The molecule has 0 spiro atoms. The molecular weight excluding hydrogens is 287 g/mol. The number of fused-ring (bicyclic) bond motifs is 1. The molecule has 0 amide bonds. The molecule has 2 nitrogen and oxygen atoms in total. The first kappa shape index (κ1) is 14.4. The lowest BCUT2D eigenvalue weighted by Crippen LogP contribution is -2.18. The Bertz CT molecular complexity index is 822. The van der Waals surface area contributed by atoms with E-state index < -0.39 is 0 Å². The van der Waals surface area contributed by atoms with Gasteiger partial charge in [0.05, 0.1) is 5.52 Å². The maximum absolute atomic E-state index is 14.1. The molecule has 0 bridgehead atoms. The number of nitrogens with zero attached hydrogens (tertiary/aromatic N) is 2. The first-order chi connectivity index (χ1) is 11.2. The van der Waals surface area contributed by atoms with Crippen LogP contribution in [0, 0.1) is 12.7 Å². The predicted molar refractivity (Wildman–Crippen MR) is 91.1 cm³/mol. The summed E-state index contributed by atoms with van der Waals surface area (Å²) in [5, 5.41) is 0.746. The van der Waals surface area contributed by atoms with E-state index in [1.54, 1.807) is 6.07 Å². The normalized spacial score (nSPS) is 21.7. The molecule has 2 aromatic heterocycles. The van der Waals surface area contributed by atoms with Crippen molar-refractivity contribution >= 4 is 10.9 Å². The van der Waals surface area contributed by atoms with Crippen molar-refractivity contribution in [3.8, 4) is 0 Å². The van der Waals surface area contributed by atoms with Gasteiger partial charge in [-0.3, -0.25) is 4.98 Å². The molecule has 0 unspecified atom stereocenters. The maximum atomic E-state index is 14.1. The van der Waals surface area contributed by atoms with Crippen LogP contribution < -0.4 is 0 Å². The SMILES string of the molecule is Cc1ccc(F)c2ccn([C@@H]3CCC[C@H](c4ccncc4)C3)c12. The molecule has 0 aliphatic heterocycles. The Labute approximate surface area is 136 Å². The van der Waals surface area contributed by atoms with E-state index in [0.717, 1.165) is 22.9 Å².